The van der Waals surface area contributed by atoms with E-state index in [1.807, 2.05) is 19.9 Å². The number of phenols is 2. The molecule has 4 N–H and O–H groups in total. The highest BCUT2D eigenvalue weighted by molar-refractivity contribution is 5.79. The van der Waals surface area contributed by atoms with Crippen molar-refractivity contribution < 1.29 is 19.7 Å². The van der Waals surface area contributed by atoms with Gasteiger partial charge in [-0.2, -0.15) is 0 Å². The summed E-state index contributed by atoms with van der Waals surface area (Å²) in [5, 5.41) is 19.1. The first kappa shape index (κ1) is 17.6. The molecule has 0 aliphatic heterocycles. The molecule has 0 radical (unpaired) electrons. The summed E-state index contributed by atoms with van der Waals surface area (Å²) in [6, 6.07) is 10.5. The number of carbonyl (C=O) groups excluding carboxylic acids is 1. The molecule has 0 saturated carbocycles. The van der Waals surface area contributed by atoms with Crippen LogP contribution in [0.25, 0.3) is 12.2 Å². The second kappa shape index (κ2) is 7.66. The van der Waals surface area contributed by atoms with Crippen molar-refractivity contribution in [3.05, 3.63) is 53.6 Å². The summed E-state index contributed by atoms with van der Waals surface area (Å²) >= 11 is 0. The maximum absolute atomic E-state index is 11.9. The lowest BCUT2D eigenvalue weighted by atomic mass is 10.1. The maximum atomic E-state index is 11.9. The first-order valence-corrected chi connectivity index (χ1v) is 7.63. The Hall–Kier alpha value is -2.79. The van der Waals surface area contributed by atoms with Gasteiger partial charge >= 0.3 is 5.97 Å². The van der Waals surface area contributed by atoms with Crippen molar-refractivity contribution in [1.82, 2.24) is 0 Å². The molecule has 0 aromatic heterocycles. The summed E-state index contributed by atoms with van der Waals surface area (Å²) in [5.74, 6) is -0.154. The summed E-state index contributed by atoms with van der Waals surface area (Å²) in [4.78, 5) is 11.9. The molecule has 1 atom stereocenters. The lowest BCUT2D eigenvalue weighted by Gasteiger charge is -2.14. The monoisotopic (exact) mass is 327 g/mol. The average Bonchev–Trinajstić information content (AvgIpc) is 2.53. The summed E-state index contributed by atoms with van der Waals surface area (Å²) in [6.07, 6.45) is 3.59. The number of hydrogen-bond donors (Lipinski definition) is 3. The molecule has 126 valence electrons. The average molecular weight is 327 g/mol. The van der Waals surface area contributed by atoms with Crippen molar-refractivity contribution in [2.45, 2.75) is 19.9 Å². The number of phenolic OH excluding ortho intramolecular Hbond substituents is 2. The number of ether oxygens (including phenoxy) is 1. The first-order valence-electron chi connectivity index (χ1n) is 7.63. The number of nitrogens with two attached hydrogens (primary N) is 1. The summed E-state index contributed by atoms with van der Waals surface area (Å²) in [5.41, 5.74) is 7.32. The molecule has 2 aromatic carbocycles. The van der Waals surface area contributed by atoms with Crippen LogP contribution >= 0.6 is 0 Å². The minimum Gasteiger partial charge on any atom is -0.508 e. The normalized spacial score (nSPS) is 12.5. The fourth-order valence-corrected chi connectivity index (χ4v) is 2.00. The van der Waals surface area contributed by atoms with E-state index in [1.54, 1.807) is 42.5 Å². The minimum absolute atomic E-state index is 0.0104. The van der Waals surface area contributed by atoms with Gasteiger partial charge in [0.25, 0.3) is 0 Å². The standard InChI is InChI=1S/C19H21NO4/c1-12(2)18(20)19(23)24-17-10-14(9-16(22)11-17)4-3-13-5-7-15(21)8-6-13/h3-12,18,21-22H,20H2,1-2H3/b4-3+. The van der Waals surface area contributed by atoms with Gasteiger partial charge in [-0.3, -0.25) is 0 Å². The van der Waals surface area contributed by atoms with Gasteiger partial charge in [0.05, 0.1) is 0 Å². The molecule has 5 nitrogen and oxygen atoms in total. The van der Waals surface area contributed by atoms with Crippen LogP contribution in [0.5, 0.6) is 17.2 Å². The Labute approximate surface area is 141 Å². The quantitative estimate of drug-likeness (QED) is 0.446. The van der Waals surface area contributed by atoms with Crippen molar-refractivity contribution in [2.24, 2.45) is 11.7 Å². The predicted octanol–water partition coefficient (Wildman–Crippen LogP) is 3.16. The Morgan fingerprint density at radius 2 is 1.62 bits per heavy atom. The van der Waals surface area contributed by atoms with Crippen molar-refractivity contribution in [2.75, 3.05) is 0 Å². The number of hydrogen-bond acceptors (Lipinski definition) is 5. The third-order valence-electron chi connectivity index (χ3n) is 3.48. The van der Waals surface area contributed by atoms with Crippen LogP contribution < -0.4 is 10.5 Å². The Kier molecular flexibility index (Phi) is 5.60. The van der Waals surface area contributed by atoms with Crippen LogP contribution in [0.15, 0.2) is 42.5 Å². The van der Waals surface area contributed by atoms with Gasteiger partial charge in [-0.25, -0.2) is 4.79 Å². The van der Waals surface area contributed by atoms with E-state index in [4.69, 9.17) is 10.5 Å². The van der Waals surface area contributed by atoms with Crippen LogP contribution in [0, 0.1) is 5.92 Å². The molecule has 2 rings (SSSR count). The molecule has 5 heteroatoms. The largest absolute Gasteiger partial charge is 0.508 e. The van der Waals surface area contributed by atoms with E-state index in [-0.39, 0.29) is 23.2 Å². The molecule has 0 bridgehead atoms. The zero-order chi connectivity index (χ0) is 17.7. The van der Waals surface area contributed by atoms with Crippen molar-refractivity contribution >= 4 is 18.1 Å². The number of carbonyl (C=O) groups is 1. The number of benzene rings is 2. The van der Waals surface area contributed by atoms with E-state index in [9.17, 15) is 15.0 Å². The van der Waals surface area contributed by atoms with Gasteiger partial charge in [0.15, 0.2) is 0 Å². The van der Waals surface area contributed by atoms with Crippen LogP contribution in [0.2, 0.25) is 0 Å². The van der Waals surface area contributed by atoms with Gasteiger partial charge in [-0.15, -0.1) is 0 Å². The van der Waals surface area contributed by atoms with Crippen LogP contribution in [0.3, 0.4) is 0 Å². The highest BCUT2D eigenvalue weighted by Gasteiger charge is 2.19. The topological polar surface area (TPSA) is 92.8 Å². The van der Waals surface area contributed by atoms with Gasteiger partial charge < -0.3 is 20.7 Å². The molecular formula is C19H21NO4. The molecule has 2 aromatic rings. The smallest absolute Gasteiger partial charge is 0.328 e. The zero-order valence-corrected chi connectivity index (χ0v) is 13.6. The van der Waals surface area contributed by atoms with Crippen LogP contribution in [-0.2, 0) is 4.79 Å². The van der Waals surface area contributed by atoms with Crippen molar-refractivity contribution in [3.8, 4) is 17.2 Å². The van der Waals surface area contributed by atoms with Crippen LogP contribution in [-0.4, -0.2) is 22.2 Å². The third kappa shape index (κ3) is 4.86. The van der Waals surface area contributed by atoms with E-state index in [0.29, 0.717) is 5.56 Å². The summed E-state index contributed by atoms with van der Waals surface area (Å²) in [7, 11) is 0. The van der Waals surface area contributed by atoms with E-state index in [1.165, 1.54) is 6.07 Å². The maximum Gasteiger partial charge on any atom is 0.328 e. The molecule has 24 heavy (non-hydrogen) atoms. The van der Waals surface area contributed by atoms with Gasteiger partial charge in [-0.1, -0.05) is 38.1 Å². The fraction of sp³-hybridized carbons (Fsp3) is 0.211. The second-order valence-electron chi connectivity index (χ2n) is 5.88. The van der Waals surface area contributed by atoms with Gasteiger partial charge in [-0.05, 0) is 41.3 Å². The number of rotatable bonds is 5. The third-order valence-corrected chi connectivity index (χ3v) is 3.48. The second-order valence-corrected chi connectivity index (χ2v) is 5.88. The van der Waals surface area contributed by atoms with Crippen LogP contribution in [0.1, 0.15) is 25.0 Å². The molecule has 0 amide bonds. The van der Waals surface area contributed by atoms with E-state index in [0.717, 1.165) is 5.56 Å². The predicted molar refractivity (Wildman–Crippen MR) is 93.6 cm³/mol. The molecular weight excluding hydrogens is 306 g/mol. The Bertz CT molecular complexity index is 736. The molecule has 0 aliphatic carbocycles. The molecule has 0 fully saturated rings. The van der Waals surface area contributed by atoms with Gasteiger partial charge in [0, 0.05) is 6.07 Å². The Morgan fingerprint density at radius 3 is 2.25 bits per heavy atom. The zero-order valence-electron chi connectivity index (χ0n) is 13.6. The van der Waals surface area contributed by atoms with Gasteiger partial charge in [0.2, 0.25) is 0 Å². The lowest BCUT2D eigenvalue weighted by Crippen LogP contribution is -2.38. The molecule has 0 saturated heterocycles. The molecule has 1 unspecified atom stereocenters. The van der Waals surface area contributed by atoms with Crippen molar-refractivity contribution in [1.29, 1.82) is 0 Å². The Morgan fingerprint density at radius 1 is 1.00 bits per heavy atom. The SMILES string of the molecule is CC(C)C(N)C(=O)Oc1cc(O)cc(/C=C/c2ccc(O)cc2)c1. The molecule has 0 aliphatic rings. The minimum atomic E-state index is -0.719. The van der Waals surface area contributed by atoms with E-state index >= 15 is 0 Å². The number of aromatic hydroxyl groups is 2. The summed E-state index contributed by atoms with van der Waals surface area (Å²) < 4.78 is 5.24. The first-order chi connectivity index (χ1) is 11.3. The lowest BCUT2D eigenvalue weighted by molar-refractivity contribution is -0.136. The summed E-state index contributed by atoms with van der Waals surface area (Å²) in [6.45, 7) is 3.67. The van der Waals surface area contributed by atoms with Gasteiger partial charge in [0.1, 0.15) is 23.3 Å². The van der Waals surface area contributed by atoms with Crippen LogP contribution in [0.4, 0.5) is 0 Å². The fourth-order valence-electron chi connectivity index (χ4n) is 2.00. The number of esters is 1. The highest BCUT2D eigenvalue weighted by Crippen LogP contribution is 2.24. The van der Waals surface area contributed by atoms with E-state index < -0.39 is 12.0 Å². The van der Waals surface area contributed by atoms with Crippen molar-refractivity contribution in [3.63, 3.8) is 0 Å². The molecule has 0 heterocycles. The Balaban J connectivity index is 2.16. The van der Waals surface area contributed by atoms with E-state index in [2.05, 4.69) is 0 Å². The molecule has 0 spiro atoms. The highest BCUT2D eigenvalue weighted by atomic mass is 16.5.